The minimum atomic E-state index is -4.39. The average Bonchev–Trinajstić information content (AvgIpc) is 2.89. The lowest BCUT2D eigenvalue weighted by Gasteiger charge is -2.11. The molecule has 0 aliphatic carbocycles. The molecular weight excluding hydrogens is 279 g/mol. The number of fused-ring (bicyclic) bond motifs is 1. The van der Waals surface area contributed by atoms with Crippen LogP contribution in [0.25, 0.3) is 0 Å². The summed E-state index contributed by atoms with van der Waals surface area (Å²) in [4.78, 5) is 12.3. The van der Waals surface area contributed by atoms with Gasteiger partial charge in [-0.05, 0) is 23.8 Å². The third kappa shape index (κ3) is 2.63. The summed E-state index contributed by atoms with van der Waals surface area (Å²) in [7, 11) is 0. The fourth-order valence-corrected chi connectivity index (χ4v) is 2.48. The van der Waals surface area contributed by atoms with Crippen molar-refractivity contribution in [3.63, 3.8) is 0 Å². The maximum atomic E-state index is 12.5. The number of nitrogens with one attached hydrogen (secondary N) is 1. The van der Waals surface area contributed by atoms with Crippen molar-refractivity contribution < 1.29 is 18.0 Å². The summed E-state index contributed by atoms with van der Waals surface area (Å²) in [6, 6.07) is 11.5. The van der Waals surface area contributed by atoms with Crippen molar-refractivity contribution in [2.24, 2.45) is 0 Å². The van der Waals surface area contributed by atoms with Gasteiger partial charge in [0.1, 0.15) is 0 Å². The third-order valence-corrected chi connectivity index (χ3v) is 3.58. The van der Waals surface area contributed by atoms with E-state index in [1.807, 2.05) is 24.3 Å². The molecule has 0 fully saturated rings. The molecule has 5 heteroatoms. The van der Waals surface area contributed by atoms with Gasteiger partial charge in [-0.1, -0.05) is 30.3 Å². The highest BCUT2D eigenvalue weighted by molar-refractivity contribution is 6.02. The van der Waals surface area contributed by atoms with E-state index in [1.165, 1.54) is 12.1 Å². The number of alkyl halides is 3. The maximum Gasteiger partial charge on any atom is 0.416 e. The third-order valence-electron chi connectivity index (χ3n) is 3.58. The van der Waals surface area contributed by atoms with Gasteiger partial charge in [0, 0.05) is 17.7 Å². The highest BCUT2D eigenvalue weighted by atomic mass is 19.4. The van der Waals surface area contributed by atoms with Gasteiger partial charge in [-0.2, -0.15) is 13.2 Å². The minimum Gasteiger partial charge on any atom is -0.374 e. The number of halogens is 3. The molecular formula is C16H12F3NO. The summed E-state index contributed by atoms with van der Waals surface area (Å²) >= 11 is 0. The number of hydrogen-bond acceptors (Lipinski definition) is 2. The van der Waals surface area contributed by atoms with Crippen molar-refractivity contribution >= 4 is 11.5 Å². The fraction of sp³-hybridized carbons (Fsp3) is 0.188. The Balaban J connectivity index is 1.78. The summed E-state index contributed by atoms with van der Waals surface area (Å²) in [6.07, 6.45) is -3.83. The van der Waals surface area contributed by atoms with Crippen LogP contribution in [-0.2, 0) is 12.6 Å². The second kappa shape index (κ2) is 4.91. The first-order valence-corrected chi connectivity index (χ1v) is 6.51. The lowest BCUT2D eigenvalue weighted by atomic mass is 10.00. The molecule has 1 atom stereocenters. The first-order chi connectivity index (χ1) is 9.95. The summed E-state index contributed by atoms with van der Waals surface area (Å²) in [5, 5.41) is 3.11. The van der Waals surface area contributed by atoms with Crippen molar-refractivity contribution in [3.8, 4) is 0 Å². The number of ketones is 1. The quantitative estimate of drug-likeness (QED) is 0.850. The molecule has 108 valence electrons. The van der Waals surface area contributed by atoms with Crippen molar-refractivity contribution in [1.82, 2.24) is 0 Å². The molecule has 3 rings (SSSR count). The van der Waals surface area contributed by atoms with Crippen LogP contribution in [0.3, 0.4) is 0 Å². The zero-order valence-corrected chi connectivity index (χ0v) is 10.9. The van der Waals surface area contributed by atoms with E-state index >= 15 is 0 Å². The molecule has 2 aromatic carbocycles. The Bertz CT molecular complexity index is 652. The van der Waals surface area contributed by atoms with Gasteiger partial charge >= 0.3 is 6.18 Å². The Kier molecular flexibility index (Phi) is 3.20. The van der Waals surface area contributed by atoms with Crippen molar-refractivity contribution in [2.45, 2.75) is 18.6 Å². The largest absolute Gasteiger partial charge is 0.416 e. The van der Waals surface area contributed by atoms with Crippen molar-refractivity contribution in [1.29, 1.82) is 0 Å². The molecule has 2 aromatic rings. The number of para-hydroxylation sites is 1. The molecule has 1 aliphatic heterocycles. The van der Waals surface area contributed by atoms with E-state index in [0.29, 0.717) is 6.42 Å². The summed E-state index contributed by atoms with van der Waals surface area (Å²) in [5.41, 5.74) is 1.49. The van der Waals surface area contributed by atoms with E-state index in [1.54, 1.807) is 0 Å². The molecule has 0 saturated carbocycles. The van der Waals surface area contributed by atoms with Crippen molar-refractivity contribution in [3.05, 3.63) is 65.2 Å². The molecule has 0 amide bonds. The van der Waals surface area contributed by atoms with E-state index in [4.69, 9.17) is 0 Å². The van der Waals surface area contributed by atoms with Crippen LogP contribution in [0.4, 0.5) is 18.9 Å². The Labute approximate surface area is 119 Å². The number of Topliss-reactive ketones (excluding diaryl/α,β-unsaturated/α-hetero) is 1. The average molecular weight is 291 g/mol. The minimum absolute atomic E-state index is 0.195. The predicted molar refractivity (Wildman–Crippen MR) is 73.3 cm³/mol. The number of anilines is 1. The van der Waals surface area contributed by atoms with Crippen LogP contribution in [0.15, 0.2) is 48.5 Å². The van der Waals surface area contributed by atoms with Crippen LogP contribution in [0.5, 0.6) is 0 Å². The highest BCUT2D eigenvalue weighted by Crippen LogP contribution is 2.30. The first kappa shape index (κ1) is 13.7. The standard InChI is InChI=1S/C16H12F3NO/c17-16(18,19)12-7-5-10(6-8-12)15(21)14-9-11-3-1-2-4-13(11)20-14/h1-8,14,20H,9H2. The zero-order chi connectivity index (χ0) is 15.0. The van der Waals surface area contributed by atoms with Crippen LogP contribution in [0.2, 0.25) is 0 Å². The fourth-order valence-electron chi connectivity index (χ4n) is 2.48. The molecule has 2 nitrogen and oxygen atoms in total. The Morgan fingerprint density at radius 1 is 1.05 bits per heavy atom. The van der Waals surface area contributed by atoms with E-state index in [9.17, 15) is 18.0 Å². The predicted octanol–water partition coefficient (Wildman–Crippen LogP) is 3.92. The topological polar surface area (TPSA) is 29.1 Å². The van der Waals surface area contributed by atoms with Gasteiger partial charge in [-0.15, -0.1) is 0 Å². The highest BCUT2D eigenvalue weighted by Gasteiger charge is 2.31. The number of carbonyl (C=O) groups is 1. The number of hydrogen-bond donors (Lipinski definition) is 1. The van der Waals surface area contributed by atoms with E-state index in [-0.39, 0.29) is 11.3 Å². The van der Waals surface area contributed by atoms with Crippen LogP contribution in [-0.4, -0.2) is 11.8 Å². The number of carbonyl (C=O) groups excluding carboxylic acids is 1. The van der Waals surface area contributed by atoms with Crippen LogP contribution in [0, 0.1) is 0 Å². The van der Waals surface area contributed by atoms with Gasteiger partial charge in [-0.25, -0.2) is 0 Å². The van der Waals surface area contributed by atoms with Crippen LogP contribution < -0.4 is 5.32 Å². The smallest absolute Gasteiger partial charge is 0.374 e. The van der Waals surface area contributed by atoms with Gasteiger partial charge < -0.3 is 5.32 Å². The molecule has 0 aromatic heterocycles. The molecule has 0 radical (unpaired) electrons. The lowest BCUT2D eigenvalue weighted by Crippen LogP contribution is -2.27. The Morgan fingerprint density at radius 2 is 1.71 bits per heavy atom. The summed E-state index contributed by atoms with van der Waals surface area (Å²) < 4.78 is 37.5. The summed E-state index contributed by atoms with van der Waals surface area (Å²) in [5.74, 6) is -0.195. The van der Waals surface area contributed by atoms with E-state index < -0.39 is 17.8 Å². The van der Waals surface area contributed by atoms with Gasteiger partial charge in [0.2, 0.25) is 0 Å². The first-order valence-electron chi connectivity index (χ1n) is 6.51. The second-order valence-electron chi connectivity index (χ2n) is 5.00. The zero-order valence-electron chi connectivity index (χ0n) is 10.9. The van der Waals surface area contributed by atoms with Gasteiger partial charge in [-0.3, -0.25) is 4.79 Å². The Hall–Kier alpha value is -2.30. The molecule has 1 N–H and O–H groups in total. The monoisotopic (exact) mass is 291 g/mol. The lowest BCUT2D eigenvalue weighted by molar-refractivity contribution is -0.137. The van der Waals surface area contributed by atoms with Gasteiger partial charge in [0.05, 0.1) is 11.6 Å². The molecule has 21 heavy (non-hydrogen) atoms. The molecule has 1 aliphatic rings. The SMILES string of the molecule is O=C(c1ccc(C(F)(F)F)cc1)C1Cc2ccccc2N1. The second-order valence-corrected chi connectivity index (χ2v) is 5.00. The molecule has 0 bridgehead atoms. The maximum absolute atomic E-state index is 12.5. The van der Waals surface area contributed by atoms with E-state index in [0.717, 1.165) is 23.4 Å². The number of rotatable bonds is 2. The number of benzene rings is 2. The normalized spacial score (nSPS) is 17.2. The van der Waals surface area contributed by atoms with Crippen LogP contribution in [0.1, 0.15) is 21.5 Å². The molecule has 1 heterocycles. The molecule has 0 spiro atoms. The van der Waals surface area contributed by atoms with Gasteiger partial charge in [0.25, 0.3) is 0 Å². The molecule has 0 saturated heterocycles. The molecule has 1 unspecified atom stereocenters. The van der Waals surface area contributed by atoms with Gasteiger partial charge in [0.15, 0.2) is 5.78 Å². The van der Waals surface area contributed by atoms with E-state index in [2.05, 4.69) is 5.32 Å². The Morgan fingerprint density at radius 3 is 2.33 bits per heavy atom. The van der Waals surface area contributed by atoms with Crippen molar-refractivity contribution in [2.75, 3.05) is 5.32 Å². The van der Waals surface area contributed by atoms with Crippen LogP contribution >= 0.6 is 0 Å². The summed E-state index contributed by atoms with van der Waals surface area (Å²) in [6.45, 7) is 0.